The molecule has 2 unspecified atom stereocenters. The molecule has 0 aliphatic carbocycles. The van der Waals surface area contributed by atoms with Gasteiger partial charge in [0.2, 0.25) is 5.60 Å². The van der Waals surface area contributed by atoms with E-state index < -0.39 is 35.6 Å². The van der Waals surface area contributed by atoms with E-state index in [1.807, 2.05) is 0 Å². The molecule has 194 valence electrons. The number of nitrogens with two attached hydrogens (primary N) is 2. The number of aliphatic carboxylic acids is 1. The lowest BCUT2D eigenvalue weighted by Gasteiger charge is -2.24. The smallest absolute Gasteiger partial charge is 0.357 e. The minimum atomic E-state index is -1.51. The molecule has 0 saturated carbocycles. The third-order valence-corrected chi connectivity index (χ3v) is 7.20. The lowest BCUT2D eigenvalue weighted by molar-refractivity contribution is -0.170. The second kappa shape index (κ2) is 13.5. The number of nitrogens with one attached hydrogen (secondary N) is 1. The van der Waals surface area contributed by atoms with Gasteiger partial charge in [-0.1, -0.05) is 33.2 Å². The van der Waals surface area contributed by atoms with Crippen molar-refractivity contribution in [3.63, 3.8) is 0 Å². The zero-order valence-corrected chi connectivity index (χ0v) is 21.8. The highest BCUT2D eigenvalue weighted by Gasteiger charge is 2.35. The SMILES string of the molecule is CC(C)(Oc1ccc(NC(=O)c2ccc(Cl)cc2)cc1)C(=O)OC(=O)C(N)CSSCC(N)C(=O)O. The molecule has 0 spiro atoms. The normalized spacial score (nSPS) is 12.8. The van der Waals surface area contributed by atoms with Gasteiger partial charge in [-0.2, -0.15) is 0 Å². The predicted molar refractivity (Wildman–Crippen MR) is 140 cm³/mol. The topological polar surface area (TPSA) is 171 Å². The Hall–Kier alpha value is -2.77. The standard InChI is InChI=1S/C23H26ClN3O7S2/c1-23(2,22(32)33-21(31)18(26)12-36-35-11-17(25)20(29)30)34-16-9-7-15(8-10-16)27-19(28)13-3-5-14(24)6-4-13/h3-10,17-18H,11-12,25-26H2,1-2H3,(H,27,28)(H,29,30). The highest BCUT2D eigenvalue weighted by Crippen LogP contribution is 2.24. The maximum absolute atomic E-state index is 12.5. The molecule has 0 fully saturated rings. The number of carbonyl (C=O) groups is 4. The molecular formula is C23H26ClN3O7S2. The third-order valence-electron chi connectivity index (χ3n) is 4.47. The van der Waals surface area contributed by atoms with Crippen molar-refractivity contribution in [2.75, 3.05) is 16.8 Å². The zero-order chi connectivity index (χ0) is 26.9. The number of ether oxygens (including phenoxy) is 2. The van der Waals surface area contributed by atoms with Crippen LogP contribution in [-0.4, -0.2) is 58.1 Å². The molecule has 2 aromatic carbocycles. The van der Waals surface area contributed by atoms with Crippen molar-refractivity contribution in [2.45, 2.75) is 31.5 Å². The summed E-state index contributed by atoms with van der Waals surface area (Å²) in [5.41, 5.74) is 10.6. The van der Waals surface area contributed by atoms with E-state index in [0.29, 0.717) is 22.0 Å². The van der Waals surface area contributed by atoms with Gasteiger partial charge in [-0.25, -0.2) is 9.59 Å². The molecule has 10 nitrogen and oxygen atoms in total. The van der Waals surface area contributed by atoms with E-state index in [1.54, 1.807) is 48.5 Å². The largest absolute Gasteiger partial charge is 0.480 e. The van der Waals surface area contributed by atoms with Gasteiger partial charge in [0.1, 0.15) is 17.8 Å². The molecule has 0 radical (unpaired) electrons. The first-order chi connectivity index (χ1) is 16.9. The van der Waals surface area contributed by atoms with E-state index in [1.165, 1.54) is 13.8 Å². The van der Waals surface area contributed by atoms with Gasteiger partial charge in [0.25, 0.3) is 5.91 Å². The monoisotopic (exact) mass is 555 g/mol. The number of benzene rings is 2. The van der Waals surface area contributed by atoms with Crippen LogP contribution < -0.4 is 21.5 Å². The Morgan fingerprint density at radius 3 is 2.08 bits per heavy atom. The summed E-state index contributed by atoms with van der Waals surface area (Å²) in [5.74, 6) is -2.79. The van der Waals surface area contributed by atoms with Crippen LogP contribution in [0.25, 0.3) is 0 Å². The van der Waals surface area contributed by atoms with Crippen LogP contribution in [0.1, 0.15) is 24.2 Å². The number of carboxylic acids is 1. The first kappa shape index (κ1) is 29.5. The van der Waals surface area contributed by atoms with Crippen LogP contribution in [0.2, 0.25) is 5.02 Å². The van der Waals surface area contributed by atoms with Crippen LogP contribution in [0.15, 0.2) is 48.5 Å². The van der Waals surface area contributed by atoms with Crippen LogP contribution in [0.4, 0.5) is 5.69 Å². The number of rotatable bonds is 12. The first-order valence-corrected chi connectivity index (χ1v) is 13.4. The quantitative estimate of drug-likeness (QED) is 0.131. The average molecular weight is 556 g/mol. The maximum atomic E-state index is 12.5. The Labute approximate surface area is 220 Å². The molecule has 36 heavy (non-hydrogen) atoms. The van der Waals surface area contributed by atoms with Crippen LogP contribution in [0.5, 0.6) is 5.75 Å². The molecule has 2 atom stereocenters. The fourth-order valence-corrected chi connectivity index (χ4v) is 4.77. The summed E-state index contributed by atoms with van der Waals surface area (Å²) < 4.78 is 10.5. The lowest BCUT2D eigenvalue weighted by atomic mass is 10.1. The average Bonchev–Trinajstić information content (AvgIpc) is 2.82. The van der Waals surface area contributed by atoms with E-state index >= 15 is 0 Å². The lowest BCUT2D eigenvalue weighted by Crippen LogP contribution is -2.44. The van der Waals surface area contributed by atoms with Gasteiger partial charge >= 0.3 is 17.9 Å². The summed E-state index contributed by atoms with van der Waals surface area (Å²) in [6.45, 7) is 2.87. The minimum Gasteiger partial charge on any atom is -0.480 e. The summed E-state index contributed by atoms with van der Waals surface area (Å²) >= 11 is 5.83. The molecule has 0 bridgehead atoms. The number of hydrogen-bond donors (Lipinski definition) is 4. The molecule has 0 heterocycles. The van der Waals surface area contributed by atoms with Crippen LogP contribution in [-0.2, 0) is 19.1 Å². The van der Waals surface area contributed by atoms with Gasteiger partial charge in [-0.15, -0.1) is 0 Å². The van der Waals surface area contributed by atoms with Crippen LogP contribution in [0, 0.1) is 0 Å². The number of halogens is 1. The maximum Gasteiger partial charge on any atom is 0.357 e. The molecule has 0 saturated heterocycles. The van der Waals surface area contributed by atoms with E-state index in [0.717, 1.165) is 21.6 Å². The van der Waals surface area contributed by atoms with E-state index in [4.69, 9.17) is 37.6 Å². The predicted octanol–water partition coefficient (Wildman–Crippen LogP) is 2.94. The summed E-state index contributed by atoms with van der Waals surface area (Å²) in [5, 5.41) is 12.0. The highest BCUT2D eigenvalue weighted by molar-refractivity contribution is 8.76. The summed E-state index contributed by atoms with van der Waals surface area (Å²) in [6, 6.07) is 10.6. The van der Waals surface area contributed by atoms with Gasteiger partial charge in [-0.3, -0.25) is 9.59 Å². The van der Waals surface area contributed by atoms with Crippen molar-refractivity contribution >= 4 is 62.7 Å². The van der Waals surface area contributed by atoms with Gasteiger partial charge < -0.3 is 31.4 Å². The number of esters is 2. The number of hydrogen-bond acceptors (Lipinski definition) is 10. The second-order valence-electron chi connectivity index (χ2n) is 7.93. The molecule has 2 rings (SSSR count). The minimum absolute atomic E-state index is 0.0909. The van der Waals surface area contributed by atoms with Crippen LogP contribution in [0.3, 0.4) is 0 Å². The van der Waals surface area contributed by atoms with E-state index in [9.17, 15) is 19.2 Å². The van der Waals surface area contributed by atoms with Crippen LogP contribution >= 0.6 is 33.2 Å². The molecule has 6 N–H and O–H groups in total. The van der Waals surface area contributed by atoms with Gasteiger partial charge in [0, 0.05) is 27.8 Å². The van der Waals surface area contributed by atoms with Gasteiger partial charge in [-0.05, 0) is 62.4 Å². The Kier molecular flexibility index (Phi) is 11.1. The Balaban J connectivity index is 1.84. The highest BCUT2D eigenvalue weighted by atomic mass is 35.5. The fourth-order valence-electron chi connectivity index (χ4n) is 2.42. The first-order valence-electron chi connectivity index (χ1n) is 10.5. The number of carbonyl (C=O) groups excluding carboxylic acids is 3. The molecule has 2 aromatic rings. The van der Waals surface area contributed by atoms with Crippen molar-refractivity contribution in [2.24, 2.45) is 11.5 Å². The number of amides is 1. The summed E-state index contributed by atoms with van der Waals surface area (Å²) in [6.07, 6.45) is 0. The molecule has 0 aromatic heterocycles. The fraction of sp³-hybridized carbons (Fsp3) is 0.304. The Bertz CT molecular complexity index is 1080. The van der Waals surface area contributed by atoms with Crippen molar-refractivity contribution in [1.82, 2.24) is 0 Å². The molecule has 0 aliphatic heterocycles. The van der Waals surface area contributed by atoms with Gasteiger partial charge in [0.05, 0.1) is 0 Å². The number of carboxylic acid groups (broad SMARTS) is 1. The molecular weight excluding hydrogens is 530 g/mol. The van der Waals surface area contributed by atoms with E-state index in [-0.39, 0.29) is 17.4 Å². The molecule has 1 amide bonds. The third kappa shape index (κ3) is 9.36. The Morgan fingerprint density at radius 2 is 1.53 bits per heavy atom. The summed E-state index contributed by atoms with van der Waals surface area (Å²) in [7, 11) is 2.29. The Morgan fingerprint density at radius 1 is 0.972 bits per heavy atom. The van der Waals surface area contributed by atoms with Gasteiger partial charge in [0.15, 0.2) is 0 Å². The number of anilines is 1. The summed E-state index contributed by atoms with van der Waals surface area (Å²) in [4.78, 5) is 47.6. The molecule has 13 heteroatoms. The molecule has 0 aliphatic rings. The zero-order valence-electron chi connectivity index (χ0n) is 19.4. The van der Waals surface area contributed by atoms with Crippen molar-refractivity contribution in [3.8, 4) is 5.75 Å². The second-order valence-corrected chi connectivity index (χ2v) is 10.9. The van der Waals surface area contributed by atoms with Crippen molar-refractivity contribution < 1.29 is 33.8 Å². The van der Waals surface area contributed by atoms with Crippen molar-refractivity contribution in [3.05, 3.63) is 59.1 Å². The van der Waals surface area contributed by atoms with Crippen molar-refractivity contribution in [1.29, 1.82) is 0 Å². The van der Waals surface area contributed by atoms with E-state index in [2.05, 4.69) is 5.32 Å².